The molecule has 1 aliphatic heterocycles. The van der Waals surface area contributed by atoms with Crippen molar-refractivity contribution < 1.29 is 8.42 Å². The van der Waals surface area contributed by atoms with Crippen LogP contribution in [0.3, 0.4) is 0 Å². The number of rotatable bonds is 1. The van der Waals surface area contributed by atoms with Gasteiger partial charge in [0.15, 0.2) is 0 Å². The molecular weight excluding hydrogens is 176 g/mol. The lowest BCUT2D eigenvalue weighted by Crippen LogP contribution is -2.48. The fourth-order valence-corrected chi connectivity index (χ4v) is 2.52. The lowest BCUT2D eigenvalue weighted by atomic mass is 11.3. The maximum Gasteiger partial charge on any atom is 0.291 e. The first-order valence-electron chi connectivity index (χ1n) is 2.42. The van der Waals surface area contributed by atoms with Crippen molar-refractivity contribution in [3.8, 4) is 0 Å². The summed E-state index contributed by atoms with van der Waals surface area (Å²) >= 11 is 1.38. The Labute approximate surface area is 63.3 Å². The fourth-order valence-electron chi connectivity index (χ4n) is 0.571. The van der Waals surface area contributed by atoms with E-state index in [0.29, 0.717) is 11.8 Å². The van der Waals surface area contributed by atoms with E-state index in [9.17, 15) is 8.42 Å². The third kappa shape index (κ3) is 1.59. The summed E-state index contributed by atoms with van der Waals surface area (Å²) < 4.78 is 22.1. The molecule has 1 aliphatic rings. The van der Waals surface area contributed by atoms with Crippen molar-refractivity contribution in [2.75, 3.05) is 11.8 Å². The quantitative estimate of drug-likeness (QED) is 0.471. The predicted molar refractivity (Wildman–Crippen MR) is 38.3 cm³/mol. The van der Waals surface area contributed by atoms with Gasteiger partial charge in [0.05, 0.1) is 11.8 Å². The summed E-state index contributed by atoms with van der Waals surface area (Å²) in [6, 6.07) is 0. The van der Waals surface area contributed by atoms with Gasteiger partial charge in [-0.05, 0) is 0 Å². The van der Waals surface area contributed by atoms with Gasteiger partial charge >= 0.3 is 0 Å². The van der Waals surface area contributed by atoms with Crippen molar-refractivity contribution in [3.05, 3.63) is 0 Å². The first-order chi connectivity index (χ1) is 4.52. The highest BCUT2D eigenvalue weighted by Crippen LogP contribution is 2.16. The molecule has 0 atom stereocenters. The van der Waals surface area contributed by atoms with Crippen LogP contribution >= 0.6 is 11.8 Å². The van der Waals surface area contributed by atoms with Gasteiger partial charge in [-0.15, -0.1) is 11.8 Å². The largest absolute Gasteiger partial charge is 0.291 e. The summed E-state index contributed by atoms with van der Waals surface area (Å²) in [5, 5.41) is 5.86. The topological polar surface area (TPSA) is 92.7 Å². The van der Waals surface area contributed by atoms with Gasteiger partial charge < -0.3 is 0 Å². The van der Waals surface area contributed by atoms with Gasteiger partial charge in [0.1, 0.15) is 0 Å². The van der Waals surface area contributed by atoms with E-state index in [1.54, 1.807) is 0 Å². The van der Waals surface area contributed by atoms with Crippen molar-refractivity contribution in [3.63, 3.8) is 0 Å². The Hall–Kier alpha value is 0.140. The van der Waals surface area contributed by atoms with E-state index < -0.39 is 10.2 Å². The summed E-state index contributed by atoms with van der Waals surface area (Å²) in [4.78, 5) is 0. The lowest BCUT2D eigenvalue weighted by molar-refractivity contribution is 0.122. The van der Waals surface area contributed by atoms with Gasteiger partial charge in [0.25, 0.3) is 10.2 Å². The van der Waals surface area contributed by atoms with Gasteiger partial charge in [-0.1, -0.05) is 4.41 Å². The molecule has 6 nitrogen and oxygen atoms in total. The maximum absolute atomic E-state index is 10.6. The second-order valence-corrected chi connectivity index (χ2v) is 4.15. The van der Waals surface area contributed by atoms with Gasteiger partial charge in [0, 0.05) is 0 Å². The molecule has 0 aromatic rings. The summed E-state index contributed by atoms with van der Waals surface area (Å²) in [5.41, 5.74) is 0. The molecule has 4 N–H and O–H groups in total. The zero-order valence-electron chi connectivity index (χ0n) is 5.10. The smallest absolute Gasteiger partial charge is 0.253 e. The monoisotopic (exact) mass is 184 g/mol. The van der Waals surface area contributed by atoms with E-state index in [2.05, 4.69) is 0 Å². The predicted octanol–water partition coefficient (Wildman–Crippen LogP) is -1.76. The van der Waals surface area contributed by atoms with E-state index in [1.165, 1.54) is 11.8 Å². The van der Waals surface area contributed by atoms with E-state index in [0.717, 1.165) is 9.53 Å². The molecule has 0 unspecified atom stereocenters. The minimum atomic E-state index is -3.64. The molecule has 10 heavy (non-hydrogen) atoms. The van der Waals surface area contributed by atoms with Crippen molar-refractivity contribution in [1.82, 2.24) is 9.53 Å². The van der Waals surface area contributed by atoms with Crippen LogP contribution in [0.25, 0.3) is 0 Å². The van der Waals surface area contributed by atoms with Crippen molar-refractivity contribution in [2.24, 2.45) is 11.0 Å². The van der Waals surface area contributed by atoms with Crippen molar-refractivity contribution in [1.29, 1.82) is 0 Å². The van der Waals surface area contributed by atoms with Crippen LogP contribution in [0.5, 0.6) is 0 Å². The Bertz CT molecular complexity index is 213. The molecule has 0 saturated carbocycles. The molecule has 1 heterocycles. The molecule has 8 heteroatoms. The molecule has 60 valence electrons. The molecule has 1 saturated heterocycles. The minimum absolute atomic E-state index is 0.301. The third-order valence-corrected chi connectivity index (χ3v) is 2.97. The lowest BCUT2D eigenvalue weighted by Gasteiger charge is -2.17. The second kappa shape index (κ2) is 2.64. The second-order valence-electron chi connectivity index (χ2n) is 1.77. The number of thioether (sulfide) groups is 1. The number of hydrazine groups is 2. The average molecular weight is 184 g/mol. The molecule has 0 bridgehead atoms. The Morgan fingerprint density at radius 1 is 1.40 bits per heavy atom. The average Bonchev–Trinajstić information content (AvgIpc) is 2.11. The zero-order valence-corrected chi connectivity index (χ0v) is 6.73. The highest BCUT2D eigenvalue weighted by Gasteiger charge is 2.27. The van der Waals surface area contributed by atoms with Crippen LogP contribution in [0, 0.1) is 0 Å². The number of hydrogen-bond donors (Lipinski definition) is 2. The molecule has 0 aromatic carbocycles. The first-order valence-corrected chi connectivity index (χ1v) is 5.08. The van der Waals surface area contributed by atoms with Gasteiger partial charge in [-0.2, -0.15) is 13.5 Å². The Morgan fingerprint density at radius 2 is 2.00 bits per heavy atom. The molecule has 0 spiro atoms. The standard InChI is InChI=1S/C2H8N4O2S2/c3-5-1-9-2-6(5)10(4,7)8/h1-3H2,(H2,4,7,8). The Kier molecular flexibility index (Phi) is 2.18. The normalized spacial score (nSPS) is 23.8. The van der Waals surface area contributed by atoms with E-state index in [-0.39, 0.29) is 0 Å². The van der Waals surface area contributed by atoms with Crippen LogP contribution < -0.4 is 11.0 Å². The van der Waals surface area contributed by atoms with Gasteiger partial charge in [-0.25, -0.2) is 5.14 Å². The molecule has 1 rings (SSSR count). The number of nitrogens with two attached hydrogens (primary N) is 2. The van der Waals surface area contributed by atoms with Gasteiger partial charge in [0.2, 0.25) is 0 Å². The Morgan fingerprint density at radius 3 is 2.20 bits per heavy atom. The molecular formula is C2H8N4O2S2. The molecule has 0 aromatic heterocycles. The van der Waals surface area contributed by atoms with Crippen LogP contribution in [-0.2, 0) is 10.2 Å². The first kappa shape index (κ1) is 8.24. The fraction of sp³-hybridized carbons (Fsp3) is 1.00. The third-order valence-electron chi connectivity index (χ3n) is 1.01. The molecule has 0 aliphatic carbocycles. The molecule has 1 fully saturated rings. The van der Waals surface area contributed by atoms with Crippen LogP contribution in [0.1, 0.15) is 0 Å². The zero-order chi connectivity index (χ0) is 7.78. The maximum atomic E-state index is 10.6. The van der Waals surface area contributed by atoms with Crippen LogP contribution in [0.2, 0.25) is 0 Å². The van der Waals surface area contributed by atoms with E-state index in [4.69, 9.17) is 11.0 Å². The van der Waals surface area contributed by atoms with Crippen LogP contribution in [-0.4, -0.2) is 29.7 Å². The highest BCUT2D eigenvalue weighted by atomic mass is 32.2. The molecule has 0 amide bonds. The SMILES string of the molecule is NN1CSCN1S(N)(=O)=O. The highest BCUT2D eigenvalue weighted by molar-refractivity contribution is 8.00. The van der Waals surface area contributed by atoms with Crippen molar-refractivity contribution >= 4 is 22.0 Å². The van der Waals surface area contributed by atoms with Crippen LogP contribution in [0.4, 0.5) is 0 Å². The van der Waals surface area contributed by atoms with E-state index in [1.807, 2.05) is 0 Å². The van der Waals surface area contributed by atoms with Crippen molar-refractivity contribution in [2.45, 2.75) is 0 Å². The van der Waals surface area contributed by atoms with Gasteiger partial charge in [-0.3, -0.25) is 5.84 Å². The van der Waals surface area contributed by atoms with Crippen LogP contribution in [0.15, 0.2) is 0 Å². The summed E-state index contributed by atoms with van der Waals surface area (Å²) in [5.74, 6) is 6.00. The van der Waals surface area contributed by atoms with E-state index >= 15 is 0 Å². The Balaban J connectivity index is 2.74. The summed E-state index contributed by atoms with van der Waals surface area (Å²) in [6.45, 7) is 0. The summed E-state index contributed by atoms with van der Waals surface area (Å²) in [7, 11) is -3.64. The summed E-state index contributed by atoms with van der Waals surface area (Å²) in [6.07, 6.45) is 0. The number of nitrogens with zero attached hydrogens (tertiary/aromatic N) is 2. The molecule has 0 radical (unpaired) electrons. The minimum Gasteiger partial charge on any atom is -0.253 e. The number of hydrogen-bond acceptors (Lipinski definition) is 5.